The van der Waals surface area contributed by atoms with Crippen LogP contribution in [0.25, 0.3) is 23.2 Å². The minimum Gasteiger partial charge on any atom is -0.465 e. The van der Waals surface area contributed by atoms with Crippen molar-refractivity contribution >= 4 is 23.4 Å². The summed E-state index contributed by atoms with van der Waals surface area (Å²) >= 11 is 0. The normalized spacial score (nSPS) is 11.4. The number of hydrogen-bond acceptors (Lipinski definition) is 5. The van der Waals surface area contributed by atoms with Gasteiger partial charge in [0.25, 0.3) is 5.91 Å². The Morgan fingerprint density at radius 2 is 1.93 bits per heavy atom. The molecule has 8 heteroatoms. The first-order chi connectivity index (χ1) is 13.7. The molecule has 0 fully saturated rings. The number of nitrogens with one attached hydrogen (secondary N) is 1. The molecule has 0 radical (unpaired) electrons. The van der Waals surface area contributed by atoms with Gasteiger partial charge in [-0.25, -0.2) is 4.39 Å². The van der Waals surface area contributed by atoms with Crippen molar-refractivity contribution < 1.29 is 13.6 Å². The third-order valence-corrected chi connectivity index (χ3v) is 3.87. The molecule has 0 saturated carbocycles. The molecule has 0 aliphatic rings. The third-order valence-electron chi connectivity index (χ3n) is 3.87. The van der Waals surface area contributed by atoms with E-state index in [2.05, 4.69) is 20.8 Å². The molecule has 4 rings (SSSR count). The fourth-order valence-electron chi connectivity index (χ4n) is 2.61. The first-order valence-electron chi connectivity index (χ1n) is 8.37. The number of nitrogens with zero attached hydrogens (tertiary/aromatic N) is 4. The summed E-state index contributed by atoms with van der Waals surface area (Å²) in [5.41, 5.74) is 1.16. The van der Waals surface area contributed by atoms with Gasteiger partial charge in [-0.3, -0.25) is 4.79 Å². The van der Waals surface area contributed by atoms with Crippen molar-refractivity contribution in [1.29, 1.82) is 0 Å². The molecule has 7 nitrogen and oxygen atoms in total. The molecule has 28 heavy (non-hydrogen) atoms. The van der Waals surface area contributed by atoms with E-state index in [-0.39, 0.29) is 5.70 Å². The molecule has 1 N–H and O–H groups in total. The van der Waals surface area contributed by atoms with Gasteiger partial charge in [-0.1, -0.05) is 36.4 Å². The van der Waals surface area contributed by atoms with Crippen LogP contribution in [0.5, 0.6) is 0 Å². The zero-order valence-corrected chi connectivity index (χ0v) is 14.5. The van der Waals surface area contributed by atoms with Crippen LogP contribution < -0.4 is 5.32 Å². The standard InChI is InChI=1S/C20H14FN5O2/c21-15-8-4-9-16(12-15)22-20(27)18(13-17-10-5-11-28-17)26-19(23-24-25-26)14-6-2-1-3-7-14/h1-13H,(H,22,27)/b18-13+. The number of aromatic nitrogens is 4. The molecule has 2 heterocycles. The Morgan fingerprint density at radius 3 is 2.68 bits per heavy atom. The van der Waals surface area contributed by atoms with E-state index in [4.69, 9.17) is 4.42 Å². The number of rotatable bonds is 5. The molecule has 138 valence electrons. The molecule has 0 spiro atoms. The summed E-state index contributed by atoms with van der Waals surface area (Å²) in [7, 11) is 0. The van der Waals surface area contributed by atoms with Crippen molar-refractivity contribution in [3.63, 3.8) is 0 Å². The van der Waals surface area contributed by atoms with Crippen LogP contribution in [0.4, 0.5) is 10.1 Å². The van der Waals surface area contributed by atoms with Crippen molar-refractivity contribution in [2.75, 3.05) is 5.32 Å². The maximum absolute atomic E-state index is 13.5. The van der Waals surface area contributed by atoms with Crippen LogP contribution in [-0.4, -0.2) is 26.1 Å². The Kier molecular flexibility index (Phi) is 4.75. The first-order valence-corrected chi connectivity index (χ1v) is 8.37. The van der Waals surface area contributed by atoms with E-state index < -0.39 is 11.7 Å². The minimum atomic E-state index is -0.522. The lowest BCUT2D eigenvalue weighted by atomic mass is 10.2. The Labute approximate surface area is 159 Å². The Balaban J connectivity index is 1.76. The molecule has 2 aromatic heterocycles. The van der Waals surface area contributed by atoms with E-state index in [0.29, 0.717) is 17.3 Å². The number of tetrazole rings is 1. The fourth-order valence-corrected chi connectivity index (χ4v) is 2.61. The topological polar surface area (TPSA) is 85.8 Å². The van der Waals surface area contributed by atoms with E-state index in [1.54, 1.807) is 18.2 Å². The maximum Gasteiger partial charge on any atom is 0.274 e. The highest BCUT2D eigenvalue weighted by Crippen LogP contribution is 2.22. The SMILES string of the molecule is O=C(Nc1cccc(F)c1)/C(=C\c1ccco1)n1nnnc1-c1ccccc1. The molecule has 0 bridgehead atoms. The van der Waals surface area contributed by atoms with E-state index >= 15 is 0 Å². The Hall–Kier alpha value is -4.07. The van der Waals surface area contributed by atoms with Gasteiger partial charge in [-0.05, 0) is 40.8 Å². The molecular formula is C20H14FN5O2. The zero-order valence-electron chi connectivity index (χ0n) is 14.5. The molecular weight excluding hydrogens is 361 g/mol. The van der Waals surface area contributed by atoms with Gasteiger partial charge in [0.1, 0.15) is 17.3 Å². The smallest absolute Gasteiger partial charge is 0.274 e. The van der Waals surface area contributed by atoms with Crippen LogP contribution >= 0.6 is 0 Å². The van der Waals surface area contributed by atoms with E-state index in [1.165, 1.54) is 35.2 Å². The number of carbonyl (C=O) groups excluding carboxylic acids is 1. The largest absolute Gasteiger partial charge is 0.465 e. The van der Waals surface area contributed by atoms with Gasteiger partial charge in [0.2, 0.25) is 0 Å². The average Bonchev–Trinajstić information content (AvgIpc) is 3.38. The first kappa shape index (κ1) is 17.3. The number of halogens is 1. The third kappa shape index (κ3) is 3.70. The van der Waals surface area contributed by atoms with Gasteiger partial charge >= 0.3 is 0 Å². The molecule has 0 unspecified atom stereocenters. The number of furan rings is 1. The van der Waals surface area contributed by atoms with Crippen molar-refractivity contribution in [3.05, 3.63) is 84.6 Å². The monoisotopic (exact) mass is 375 g/mol. The van der Waals surface area contributed by atoms with Crippen LogP contribution in [0.15, 0.2) is 77.4 Å². The van der Waals surface area contributed by atoms with Gasteiger partial charge in [-0.15, -0.1) is 5.10 Å². The predicted octanol–water partition coefficient (Wildman–Crippen LogP) is 3.71. The number of amides is 1. The van der Waals surface area contributed by atoms with Gasteiger partial charge in [0, 0.05) is 17.3 Å². The van der Waals surface area contributed by atoms with Crippen molar-refractivity contribution in [3.8, 4) is 11.4 Å². The van der Waals surface area contributed by atoms with Crippen molar-refractivity contribution in [2.24, 2.45) is 0 Å². The molecule has 0 atom stereocenters. The number of benzene rings is 2. The van der Waals surface area contributed by atoms with Crippen LogP contribution in [-0.2, 0) is 4.79 Å². The summed E-state index contributed by atoms with van der Waals surface area (Å²) in [5.74, 6) is -0.153. The Morgan fingerprint density at radius 1 is 1.07 bits per heavy atom. The Bertz CT molecular complexity index is 1120. The van der Waals surface area contributed by atoms with E-state index in [1.807, 2.05) is 30.3 Å². The summed E-state index contributed by atoms with van der Waals surface area (Å²) < 4.78 is 20.1. The molecule has 1 amide bonds. The second kappa shape index (κ2) is 7.67. The summed E-state index contributed by atoms with van der Waals surface area (Å²) in [6.07, 6.45) is 3.00. The maximum atomic E-state index is 13.5. The van der Waals surface area contributed by atoms with Crippen molar-refractivity contribution in [2.45, 2.75) is 0 Å². The van der Waals surface area contributed by atoms with Gasteiger partial charge in [0.15, 0.2) is 5.82 Å². The van der Waals surface area contributed by atoms with Crippen LogP contribution in [0, 0.1) is 5.82 Å². The highest BCUT2D eigenvalue weighted by Gasteiger charge is 2.20. The number of carbonyl (C=O) groups is 1. The van der Waals surface area contributed by atoms with Gasteiger partial charge < -0.3 is 9.73 Å². The number of hydrogen-bond donors (Lipinski definition) is 1. The average molecular weight is 375 g/mol. The highest BCUT2D eigenvalue weighted by molar-refractivity contribution is 6.24. The quantitative estimate of drug-likeness (QED) is 0.538. The molecule has 0 saturated heterocycles. The highest BCUT2D eigenvalue weighted by atomic mass is 19.1. The molecule has 0 aliphatic heterocycles. The second-order valence-corrected chi connectivity index (χ2v) is 5.79. The molecule has 2 aromatic carbocycles. The van der Waals surface area contributed by atoms with Gasteiger partial charge in [0.05, 0.1) is 6.26 Å². The van der Waals surface area contributed by atoms with Gasteiger partial charge in [-0.2, -0.15) is 4.68 Å². The minimum absolute atomic E-state index is 0.114. The summed E-state index contributed by atoms with van der Waals surface area (Å²) in [4.78, 5) is 13.0. The molecule has 4 aromatic rings. The predicted molar refractivity (Wildman–Crippen MR) is 101 cm³/mol. The summed E-state index contributed by atoms with van der Waals surface area (Å²) in [6.45, 7) is 0. The van der Waals surface area contributed by atoms with Crippen LogP contribution in [0.2, 0.25) is 0 Å². The number of anilines is 1. The fraction of sp³-hybridized carbons (Fsp3) is 0. The van der Waals surface area contributed by atoms with E-state index in [9.17, 15) is 9.18 Å². The van der Waals surface area contributed by atoms with Crippen LogP contribution in [0.1, 0.15) is 5.76 Å². The second-order valence-electron chi connectivity index (χ2n) is 5.79. The van der Waals surface area contributed by atoms with Crippen LogP contribution in [0.3, 0.4) is 0 Å². The molecule has 0 aliphatic carbocycles. The van der Waals surface area contributed by atoms with E-state index in [0.717, 1.165) is 5.56 Å². The zero-order chi connectivity index (χ0) is 19.3. The summed E-state index contributed by atoms with van der Waals surface area (Å²) in [5, 5.41) is 14.4. The van der Waals surface area contributed by atoms with Crippen molar-refractivity contribution in [1.82, 2.24) is 20.2 Å². The lowest BCUT2D eigenvalue weighted by Crippen LogP contribution is -2.19. The lowest BCUT2D eigenvalue weighted by Gasteiger charge is -2.10. The lowest BCUT2D eigenvalue weighted by molar-refractivity contribution is -0.111. The summed E-state index contributed by atoms with van der Waals surface area (Å²) in [6, 6.07) is 18.2.